The fourth-order valence-electron chi connectivity index (χ4n) is 7.99. The van der Waals surface area contributed by atoms with Crippen LogP contribution in [0.5, 0.6) is 0 Å². The Kier molecular flexibility index (Phi) is 18.6. The van der Waals surface area contributed by atoms with Gasteiger partial charge in [-0.1, -0.05) is 85.2 Å². The summed E-state index contributed by atoms with van der Waals surface area (Å²) in [5.74, 6) is -3.54. The van der Waals surface area contributed by atoms with Gasteiger partial charge in [-0.15, -0.1) is 0 Å². The van der Waals surface area contributed by atoms with Crippen molar-refractivity contribution in [3.05, 3.63) is 35.9 Å². The molecule has 11 heteroatoms. The van der Waals surface area contributed by atoms with Crippen LogP contribution in [0.4, 0.5) is 0 Å². The van der Waals surface area contributed by atoms with Crippen molar-refractivity contribution in [2.75, 3.05) is 34.9 Å². The number of carboxylic acids is 1. The van der Waals surface area contributed by atoms with E-state index in [-0.39, 0.29) is 78.9 Å². The van der Waals surface area contributed by atoms with Crippen LogP contribution in [0.3, 0.4) is 0 Å². The summed E-state index contributed by atoms with van der Waals surface area (Å²) in [7, 11) is 6.61. The molecule has 1 aromatic rings. The van der Waals surface area contributed by atoms with Crippen molar-refractivity contribution in [2.24, 2.45) is 35.5 Å². The Balaban J connectivity index is 2.26. The van der Waals surface area contributed by atoms with E-state index in [1.165, 1.54) is 7.11 Å². The van der Waals surface area contributed by atoms with Crippen LogP contribution in [-0.4, -0.2) is 109 Å². The first-order chi connectivity index (χ1) is 24.5. The van der Waals surface area contributed by atoms with E-state index in [4.69, 9.17) is 9.47 Å². The molecule has 0 spiro atoms. The van der Waals surface area contributed by atoms with Gasteiger partial charge in [0.15, 0.2) is 5.78 Å². The van der Waals surface area contributed by atoms with Gasteiger partial charge in [0, 0.05) is 52.5 Å². The number of benzene rings is 1. The highest BCUT2D eigenvalue weighted by molar-refractivity contribution is 5.90. The summed E-state index contributed by atoms with van der Waals surface area (Å²) in [5.41, 5.74) is 0.851. The number of nitrogens with one attached hydrogen (secondary N) is 1. The number of ketones is 2. The van der Waals surface area contributed by atoms with Gasteiger partial charge in [-0.2, -0.15) is 0 Å². The first kappa shape index (κ1) is 45.0. The Labute approximate surface area is 312 Å². The number of carbonyl (C=O) groups excluding carboxylic acids is 4. The molecular weight excluding hydrogens is 662 g/mol. The molecule has 0 radical (unpaired) electrons. The minimum Gasteiger partial charge on any atom is -0.481 e. The molecule has 9 atom stereocenters. The molecule has 1 heterocycles. The predicted octanol–water partition coefficient (Wildman–Crippen LogP) is 5.28. The number of ether oxygens (including phenoxy) is 2. The van der Waals surface area contributed by atoms with Crippen LogP contribution in [0.25, 0.3) is 0 Å². The van der Waals surface area contributed by atoms with E-state index in [1.807, 2.05) is 71.9 Å². The molecule has 1 aliphatic heterocycles. The first-order valence-corrected chi connectivity index (χ1v) is 19.1. The SMILES string of the molecule is CC[C@H](C)[C@@H]([C@@H](CC(=O)N1CCC[C@H]1[C@H](OC)[C@@H](C)C(=O)C[C@@H](Cc1ccccc1)C(=O)O)OC)N(C)C(=O)[C@@H](CC(=O)[C@@H](NC)C(C)C)C(C)C. The number of methoxy groups -OCH3 is 2. The lowest BCUT2D eigenvalue weighted by Gasteiger charge is -2.41. The standard InChI is InChI=1S/C41H67N3O8/c1-12-27(6)38(43(9)40(48)31(25(2)3)23-34(46)37(42-8)26(4)5)35(51-10)24-36(47)44-20-16-19-32(44)39(52-11)28(7)33(45)22-30(41(49)50)21-29-17-14-13-15-18-29/h13-15,17-18,25-28,30-32,35,37-39,42H,12,16,19-24H2,1-11H3,(H,49,50)/t27-,28-,30+,31-,32-,35+,37-,38-,39+/m0/s1. The Morgan fingerprint density at radius 3 is 2.06 bits per heavy atom. The zero-order valence-corrected chi connectivity index (χ0v) is 33.6. The molecule has 294 valence electrons. The van der Waals surface area contributed by atoms with Gasteiger partial charge in [-0.3, -0.25) is 24.0 Å². The Morgan fingerprint density at radius 2 is 1.56 bits per heavy atom. The van der Waals surface area contributed by atoms with Crippen molar-refractivity contribution in [2.45, 2.75) is 124 Å². The summed E-state index contributed by atoms with van der Waals surface area (Å²) in [5, 5.41) is 13.0. The van der Waals surface area contributed by atoms with Gasteiger partial charge in [-0.25, -0.2) is 0 Å². The van der Waals surface area contributed by atoms with Crippen molar-refractivity contribution in [1.29, 1.82) is 0 Å². The van der Waals surface area contributed by atoms with Crippen LogP contribution >= 0.6 is 0 Å². The minimum absolute atomic E-state index is 0.00617. The molecule has 0 aromatic heterocycles. The van der Waals surface area contributed by atoms with Crippen molar-refractivity contribution in [1.82, 2.24) is 15.1 Å². The highest BCUT2D eigenvalue weighted by Crippen LogP contribution is 2.31. The van der Waals surface area contributed by atoms with E-state index >= 15 is 0 Å². The Morgan fingerprint density at radius 1 is 0.923 bits per heavy atom. The molecule has 0 unspecified atom stereocenters. The topological polar surface area (TPSA) is 143 Å². The van der Waals surface area contributed by atoms with Crippen LogP contribution in [0.2, 0.25) is 0 Å². The van der Waals surface area contributed by atoms with E-state index in [2.05, 4.69) is 5.32 Å². The number of nitrogens with zero attached hydrogens (tertiary/aromatic N) is 2. The summed E-state index contributed by atoms with van der Waals surface area (Å²) < 4.78 is 11.9. The lowest BCUT2D eigenvalue weighted by Crippen LogP contribution is -2.54. The molecule has 0 bridgehead atoms. The number of amides is 2. The molecule has 2 amide bonds. The third-order valence-corrected chi connectivity index (χ3v) is 11.3. The first-order valence-electron chi connectivity index (χ1n) is 19.1. The molecule has 1 fully saturated rings. The summed E-state index contributed by atoms with van der Waals surface area (Å²) in [6, 6.07) is 8.13. The van der Waals surface area contributed by atoms with E-state index in [0.29, 0.717) is 13.0 Å². The van der Waals surface area contributed by atoms with E-state index in [0.717, 1.165) is 18.4 Å². The fourth-order valence-corrected chi connectivity index (χ4v) is 7.99. The number of Topliss-reactive ketones (excluding diaryl/α,β-unsaturated/α-hetero) is 2. The molecule has 2 N–H and O–H groups in total. The molecule has 0 aliphatic carbocycles. The second-order valence-corrected chi connectivity index (χ2v) is 15.5. The average Bonchev–Trinajstić information content (AvgIpc) is 3.59. The largest absolute Gasteiger partial charge is 0.481 e. The summed E-state index contributed by atoms with van der Waals surface area (Å²) >= 11 is 0. The van der Waals surface area contributed by atoms with Gasteiger partial charge in [0.1, 0.15) is 5.78 Å². The van der Waals surface area contributed by atoms with E-state index in [1.54, 1.807) is 37.9 Å². The van der Waals surface area contributed by atoms with Crippen molar-refractivity contribution >= 4 is 29.4 Å². The highest BCUT2D eigenvalue weighted by Gasteiger charge is 2.43. The van der Waals surface area contributed by atoms with Gasteiger partial charge >= 0.3 is 5.97 Å². The molecule has 1 aliphatic rings. The van der Waals surface area contributed by atoms with Gasteiger partial charge in [-0.05, 0) is 49.6 Å². The molecular formula is C41H67N3O8. The Hall–Kier alpha value is -3.15. The number of carbonyl (C=O) groups is 5. The lowest BCUT2D eigenvalue weighted by atomic mass is 9.84. The van der Waals surface area contributed by atoms with Crippen molar-refractivity contribution in [3.63, 3.8) is 0 Å². The van der Waals surface area contributed by atoms with E-state index < -0.39 is 42.0 Å². The van der Waals surface area contributed by atoms with Crippen molar-refractivity contribution in [3.8, 4) is 0 Å². The predicted molar refractivity (Wildman–Crippen MR) is 203 cm³/mol. The van der Waals surface area contributed by atoms with E-state index in [9.17, 15) is 29.1 Å². The summed E-state index contributed by atoms with van der Waals surface area (Å²) in [6.07, 6.45) is 1.16. The number of carboxylic acid groups (broad SMARTS) is 1. The molecule has 11 nitrogen and oxygen atoms in total. The van der Waals surface area contributed by atoms with Crippen LogP contribution in [0.15, 0.2) is 30.3 Å². The molecule has 1 saturated heterocycles. The summed E-state index contributed by atoms with van der Waals surface area (Å²) in [6.45, 7) is 14.2. The molecule has 0 saturated carbocycles. The maximum atomic E-state index is 14.2. The number of hydrogen-bond donors (Lipinski definition) is 2. The lowest BCUT2D eigenvalue weighted by molar-refractivity contribution is -0.149. The highest BCUT2D eigenvalue weighted by atomic mass is 16.5. The van der Waals surface area contributed by atoms with Crippen LogP contribution in [0.1, 0.15) is 92.6 Å². The average molecular weight is 730 g/mol. The molecule has 52 heavy (non-hydrogen) atoms. The second-order valence-electron chi connectivity index (χ2n) is 15.5. The zero-order valence-electron chi connectivity index (χ0n) is 33.6. The smallest absolute Gasteiger partial charge is 0.307 e. The quantitative estimate of drug-likeness (QED) is 0.154. The second kappa shape index (κ2) is 21.5. The third kappa shape index (κ3) is 11.9. The van der Waals surface area contributed by atoms with Gasteiger partial charge < -0.3 is 29.7 Å². The van der Waals surface area contributed by atoms with Gasteiger partial charge in [0.05, 0.1) is 42.7 Å². The third-order valence-electron chi connectivity index (χ3n) is 11.3. The fraction of sp³-hybridized carbons (Fsp3) is 0.732. The normalized spacial score (nSPS) is 19.4. The van der Waals surface area contributed by atoms with Gasteiger partial charge in [0.2, 0.25) is 11.8 Å². The maximum absolute atomic E-state index is 14.2. The zero-order chi connectivity index (χ0) is 39.3. The van der Waals surface area contributed by atoms with Crippen LogP contribution in [0, 0.1) is 35.5 Å². The Bertz CT molecular complexity index is 1300. The monoisotopic (exact) mass is 729 g/mol. The molecule has 2 rings (SSSR count). The number of hydrogen-bond acceptors (Lipinski definition) is 8. The van der Waals surface area contributed by atoms with Crippen molar-refractivity contribution < 1.29 is 38.6 Å². The summed E-state index contributed by atoms with van der Waals surface area (Å²) in [4.78, 5) is 70.8. The number of rotatable bonds is 23. The number of likely N-dealkylation sites (tertiary alicyclic amines) is 1. The van der Waals surface area contributed by atoms with Crippen LogP contribution < -0.4 is 5.32 Å². The number of likely N-dealkylation sites (N-methyl/N-ethyl adjacent to an activating group) is 2. The molecule has 1 aromatic carbocycles. The van der Waals surface area contributed by atoms with Crippen LogP contribution in [-0.2, 0) is 39.9 Å². The maximum Gasteiger partial charge on any atom is 0.307 e. The number of aliphatic carboxylic acids is 1. The minimum atomic E-state index is -1.02. The van der Waals surface area contributed by atoms with Gasteiger partial charge in [0.25, 0.3) is 0 Å².